The first-order valence-electron chi connectivity index (χ1n) is 3.76. The molecule has 4 heteroatoms. The number of furan rings is 1. The summed E-state index contributed by atoms with van der Waals surface area (Å²) in [4.78, 5) is 15.1. The van der Waals surface area contributed by atoms with Crippen molar-refractivity contribution in [1.82, 2.24) is 4.98 Å². The van der Waals surface area contributed by atoms with Gasteiger partial charge in [0.2, 0.25) is 0 Å². The Morgan fingerprint density at radius 3 is 3.00 bits per heavy atom. The summed E-state index contributed by atoms with van der Waals surface area (Å²) < 4.78 is 5.24. The van der Waals surface area contributed by atoms with Crippen LogP contribution in [0.25, 0.3) is 10.8 Å². The van der Waals surface area contributed by atoms with Crippen molar-refractivity contribution < 1.29 is 9.21 Å². The quantitative estimate of drug-likeness (QED) is 0.688. The van der Waals surface area contributed by atoms with Gasteiger partial charge in [-0.2, -0.15) is 0 Å². The summed E-state index contributed by atoms with van der Waals surface area (Å²) in [5.41, 5.74) is 1.03. The third-order valence-electron chi connectivity index (χ3n) is 1.70. The average molecular weight is 193 g/mol. The molecule has 2 heterocycles. The predicted molar refractivity (Wildman–Crippen MR) is 49.9 cm³/mol. The molecule has 0 atom stereocenters. The first-order chi connectivity index (χ1) is 6.31. The zero-order valence-electron chi connectivity index (χ0n) is 6.98. The van der Waals surface area contributed by atoms with E-state index in [1.165, 1.54) is 11.3 Å². The van der Waals surface area contributed by atoms with Crippen molar-refractivity contribution in [3.8, 4) is 10.8 Å². The Hall–Kier alpha value is -1.42. The molecule has 0 bridgehead atoms. The standard InChI is InChI=1S/C9H7NO2S/c1-6-2-3-12-8(6)9-10-4-7(5-11)13-9/h2-5H,1H3. The molecule has 0 aromatic carbocycles. The molecule has 0 aliphatic rings. The highest BCUT2D eigenvalue weighted by atomic mass is 32.1. The molecule has 0 spiro atoms. The van der Waals surface area contributed by atoms with Gasteiger partial charge in [-0.15, -0.1) is 11.3 Å². The molecule has 0 aliphatic carbocycles. The molecule has 0 fully saturated rings. The van der Waals surface area contributed by atoms with Crippen LogP contribution in [0.5, 0.6) is 0 Å². The number of hydrogen-bond acceptors (Lipinski definition) is 4. The van der Waals surface area contributed by atoms with Crippen LogP contribution in [0.15, 0.2) is 22.9 Å². The fourth-order valence-electron chi connectivity index (χ4n) is 1.04. The van der Waals surface area contributed by atoms with E-state index in [0.717, 1.165) is 22.6 Å². The van der Waals surface area contributed by atoms with E-state index in [1.54, 1.807) is 12.5 Å². The molecule has 0 N–H and O–H groups in total. The zero-order valence-corrected chi connectivity index (χ0v) is 7.80. The Labute approximate surface area is 79.0 Å². The van der Waals surface area contributed by atoms with Crippen molar-refractivity contribution in [2.45, 2.75) is 6.92 Å². The predicted octanol–water partition coefficient (Wildman–Crippen LogP) is 2.52. The van der Waals surface area contributed by atoms with Crippen LogP contribution < -0.4 is 0 Å². The van der Waals surface area contributed by atoms with Gasteiger partial charge in [-0.25, -0.2) is 4.98 Å². The second kappa shape index (κ2) is 3.14. The van der Waals surface area contributed by atoms with Gasteiger partial charge in [-0.1, -0.05) is 0 Å². The first-order valence-corrected chi connectivity index (χ1v) is 4.58. The van der Waals surface area contributed by atoms with Crippen molar-refractivity contribution in [3.63, 3.8) is 0 Å². The number of aryl methyl sites for hydroxylation is 1. The van der Waals surface area contributed by atoms with Crippen LogP contribution in [0.2, 0.25) is 0 Å². The maximum absolute atomic E-state index is 10.4. The van der Waals surface area contributed by atoms with Gasteiger partial charge in [0.1, 0.15) is 0 Å². The minimum atomic E-state index is 0.616. The van der Waals surface area contributed by atoms with Crippen LogP contribution in [-0.2, 0) is 0 Å². The van der Waals surface area contributed by atoms with Gasteiger partial charge in [0.05, 0.1) is 11.1 Å². The number of aldehydes is 1. The topological polar surface area (TPSA) is 43.1 Å². The van der Waals surface area contributed by atoms with Gasteiger partial charge in [-0.3, -0.25) is 4.79 Å². The van der Waals surface area contributed by atoms with Gasteiger partial charge in [-0.05, 0) is 18.6 Å². The molecule has 0 amide bonds. The van der Waals surface area contributed by atoms with E-state index in [2.05, 4.69) is 4.98 Å². The SMILES string of the molecule is Cc1ccoc1-c1ncc(C=O)s1. The highest BCUT2D eigenvalue weighted by molar-refractivity contribution is 7.16. The van der Waals surface area contributed by atoms with Gasteiger partial charge in [0.15, 0.2) is 17.1 Å². The summed E-state index contributed by atoms with van der Waals surface area (Å²) in [5, 5.41) is 0.754. The number of carbonyl (C=O) groups is 1. The normalized spacial score (nSPS) is 10.2. The number of aromatic nitrogens is 1. The maximum Gasteiger partial charge on any atom is 0.165 e. The summed E-state index contributed by atoms with van der Waals surface area (Å²) in [6.45, 7) is 1.95. The fraction of sp³-hybridized carbons (Fsp3) is 0.111. The summed E-state index contributed by atoms with van der Waals surface area (Å²) in [7, 11) is 0. The molecule has 3 nitrogen and oxygen atoms in total. The van der Waals surface area contributed by atoms with E-state index < -0.39 is 0 Å². The smallest absolute Gasteiger partial charge is 0.165 e. The van der Waals surface area contributed by atoms with Gasteiger partial charge in [0.25, 0.3) is 0 Å². The minimum Gasteiger partial charge on any atom is -0.462 e. The Balaban J connectivity index is 2.46. The molecule has 2 rings (SSSR count). The van der Waals surface area contributed by atoms with Crippen molar-refractivity contribution >= 4 is 17.6 Å². The van der Waals surface area contributed by atoms with Crippen LogP contribution >= 0.6 is 11.3 Å². The Kier molecular flexibility index (Phi) is 1.98. The van der Waals surface area contributed by atoms with E-state index in [4.69, 9.17) is 4.42 Å². The van der Waals surface area contributed by atoms with E-state index in [-0.39, 0.29) is 0 Å². The lowest BCUT2D eigenvalue weighted by atomic mass is 10.3. The highest BCUT2D eigenvalue weighted by Crippen LogP contribution is 2.27. The second-order valence-corrected chi connectivity index (χ2v) is 3.68. The summed E-state index contributed by atoms with van der Waals surface area (Å²) in [6.07, 6.45) is 3.96. The Morgan fingerprint density at radius 1 is 1.62 bits per heavy atom. The van der Waals surface area contributed by atoms with Crippen LogP contribution in [0.3, 0.4) is 0 Å². The number of thiazole rings is 1. The van der Waals surface area contributed by atoms with Crippen molar-refractivity contribution in [1.29, 1.82) is 0 Å². The molecule has 0 radical (unpaired) electrons. The van der Waals surface area contributed by atoms with E-state index in [0.29, 0.717) is 4.88 Å². The van der Waals surface area contributed by atoms with Gasteiger partial charge >= 0.3 is 0 Å². The van der Waals surface area contributed by atoms with E-state index in [1.807, 2.05) is 13.0 Å². The van der Waals surface area contributed by atoms with Gasteiger partial charge in [0, 0.05) is 6.20 Å². The molecule has 0 saturated carbocycles. The molecule has 0 unspecified atom stereocenters. The maximum atomic E-state index is 10.4. The van der Waals surface area contributed by atoms with Crippen LogP contribution in [0.1, 0.15) is 15.2 Å². The lowest BCUT2D eigenvalue weighted by Gasteiger charge is -1.89. The first kappa shape index (κ1) is 8.19. The largest absolute Gasteiger partial charge is 0.462 e. The Bertz CT molecular complexity index is 430. The number of carbonyl (C=O) groups excluding carboxylic acids is 1. The number of hydrogen-bond donors (Lipinski definition) is 0. The second-order valence-electron chi connectivity index (χ2n) is 2.62. The summed E-state index contributed by atoms with van der Waals surface area (Å²) >= 11 is 1.33. The lowest BCUT2D eigenvalue weighted by Crippen LogP contribution is -1.72. The van der Waals surface area contributed by atoms with E-state index in [9.17, 15) is 4.79 Å². The van der Waals surface area contributed by atoms with E-state index >= 15 is 0 Å². The highest BCUT2D eigenvalue weighted by Gasteiger charge is 2.09. The molecular weight excluding hydrogens is 186 g/mol. The third-order valence-corrected chi connectivity index (χ3v) is 2.62. The minimum absolute atomic E-state index is 0.616. The fourth-order valence-corrected chi connectivity index (χ4v) is 1.82. The third kappa shape index (κ3) is 1.40. The monoisotopic (exact) mass is 193 g/mol. The zero-order chi connectivity index (χ0) is 9.26. The van der Waals surface area contributed by atoms with Crippen LogP contribution in [0, 0.1) is 6.92 Å². The molecule has 2 aromatic heterocycles. The molecule has 66 valence electrons. The number of nitrogens with zero attached hydrogens (tertiary/aromatic N) is 1. The van der Waals surface area contributed by atoms with Crippen molar-refractivity contribution in [2.75, 3.05) is 0 Å². The van der Waals surface area contributed by atoms with Crippen LogP contribution in [0.4, 0.5) is 0 Å². The lowest BCUT2D eigenvalue weighted by molar-refractivity contribution is 0.112. The average Bonchev–Trinajstić information content (AvgIpc) is 2.71. The summed E-state index contributed by atoms with van der Waals surface area (Å²) in [6, 6.07) is 1.87. The van der Waals surface area contributed by atoms with Gasteiger partial charge < -0.3 is 4.42 Å². The molecule has 13 heavy (non-hydrogen) atoms. The van der Waals surface area contributed by atoms with Crippen molar-refractivity contribution in [2.24, 2.45) is 0 Å². The molecule has 0 aliphatic heterocycles. The molecule has 2 aromatic rings. The Morgan fingerprint density at radius 2 is 2.46 bits per heavy atom. The molecular formula is C9H7NO2S. The van der Waals surface area contributed by atoms with Crippen molar-refractivity contribution in [3.05, 3.63) is 29.0 Å². The summed E-state index contributed by atoms with van der Waals surface area (Å²) in [5.74, 6) is 0.748. The van der Waals surface area contributed by atoms with Crippen LogP contribution in [-0.4, -0.2) is 11.3 Å². The number of rotatable bonds is 2. The molecule has 0 saturated heterocycles.